The molecule has 1 saturated carbocycles. The van der Waals surface area contributed by atoms with Crippen molar-refractivity contribution in [2.24, 2.45) is 5.41 Å². The van der Waals surface area contributed by atoms with Gasteiger partial charge < -0.3 is 0 Å². The first-order valence-electron chi connectivity index (χ1n) is 11.1. The zero-order chi connectivity index (χ0) is 21.8. The summed E-state index contributed by atoms with van der Waals surface area (Å²) in [4.78, 5) is 13.6. The van der Waals surface area contributed by atoms with Crippen LogP contribution in [-0.4, -0.2) is 21.9 Å². The first kappa shape index (κ1) is 19.3. The number of Topliss-reactive ketones (excluding diaryl/α,β-unsaturated/α-hetero) is 1. The number of carbonyl (C=O) groups excluding carboxylic acids is 1. The summed E-state index contributed by atoms with van der Waals surface area (Å²) in [7, 11) is 0. The van der Waals surface area contributed by atoms with Gasteiger partial charge in [-0.25, -0.2) is 13.2 Å². The molecule has 1 N–H and O–H groups in total. The number of aromatic nitrogens is 2. The number of alkyl halides is 2. The monoisotopic (exact) mass is 426 g/mol. The predicted molar refractivity (Wildman–Crippen MR) is 110 cm³/mol. The smallest absolute Gasteiger partial charge is 0.249 e. The van der Waals surface area contributed by atoms with Crippen LogP contribution < -0.4 is 0 Å². The number of allylic oxidation sites excluding steroid dienone is 2. The number of H-pyrrole nitrogens is 1. The Morgan fingerprint density at radius 1 is 1.16 bits per heavy atom. The molecule has 6 rings (SSSR count). The van der Waals surface area contributed by atoms with E-state index in [9.17, 15) is 18.0 Å². The van der Waals surface area contributed by atoms with E-state index in [2.05, 4.69) is 24.0 Å². The van der Waals surface area contributed by atoms with Crippen LogP contribution in [0.3, 0.4) is 0 Å². The predicted octanol–water partition coefficient (Wildman–Crippen LogP) is 5.54. The topological polar surface area (TPSA) is 45.8 Å². The molecule has 1 heterocycles. The van der Waals surface area contributed by atoms with Crippen molar-refractivity contribution in [3.05, 3.63) is 63.2 Å². The van der Waals surface area contributed by atoms with Gasteiger partial charge in [0.2, 0.25) is 5.92 Å². The van der Waals surface area contributed by atoms with Crippen LogP contribution in [0, 0.1) is 11.2 Å². The normalized spacial score (nSPS) is 28.4. The third-order valence-corrected chi connectivity index (χ3v) is 7.85. The van der Waals surface area contributed by atoms with Gasteiger partial charge in [-0.05, 0) is 47.9 Å². The molecule has 0 radical (unpaired) electrons. The molecule has 3 nitrogen and oxygen atoms in total. The Morgan fingerprint density at radius 2 is 1.94 bits per heavy atom. The second kappa shape index (κ2) is 5.90. The summed E-state index contributed by atoms with van der Waals surface area (Å²) >= 11 is 0. The molecular formula is C25H25F3N2O. The Labute approximate surface area is 179 Å². The number of rotatable bonds is 1. The molecule has 1 unspecified atom stereocenters. The SMILES string of the molecule is CC1(C)CC(=O)C2=C(Cc3[nH]nc(C4CC(F)(F)C4)c3C23CCc2cc(F)ccc23)C1. The molecule has 0 saturated heterocycles. The van der Waals surface area contributed by atoms with Gasteiger partial charge in [0, 0.05) is 48.4 Å². The standard InChI is InChI=1S/C25H25F3N2O/c1-23(2)9-14-8-18-21(22(30-29-18)15-10-24(27,28)11-15)25(20(14)19(31)12-23)6-5-13-7-16(26)3-4-17(13)25/h3-4,7,15H,5-6,8-12H2,1-2H3,(H,29,30). The van der Waals surface area contributed by atoms with E-state index < -0.39 is 11.3 Å². The van der Waals surface area contributed by atoms with E-state index in [-0.39, 0.29) is 35.8 Å². The molecule has 1 spiro atoms. The van der Waals surface area contributed by atoms with Crippen molar-refractivity contribution in [3.63, 3.8) is 0 Å². The van der Waals surface area contributed by atoms with Crippen molar-refractivity contribution in [3.8, 4) is 0 Å². The van der Waals surface area contributed by atoms with E-state index in [4.69, 9.17) is 0 Å². The maximum absolute atomic E-state index is 14.0. The van der Waals surface area contributed by atoms with Crippen molar-refractivity contribution in [2.75, 3.05) is 0 Å². The van der Waals surface area contributed by atoms with E-state index in [0.717, 1.165) is 40.0 Å². The van der Waals surface area contributed by atoms with Gasteiger partial charge in [-0.15, -0.1) is 0 Å². The van der Waals surface area contributed by atoms with E-state index in [0.29, 0.717) is 31.4 Å². The van der Waals surface area contributed by atoms with E-state index in [1.54, 1.807) is 12.1 Å². The minimum Gasteiger partial charge on any atom is -0.294 e. The quantitative estimate of drug-likeness (QED) is 0.651. The molecule has 1 fully saturated rings. The summed E-state index contributed by atoms with van der Waals surface area (Å²) in [6.45, 7) is 4.23. The van der Waals surface area contributed by atoms with Gasteiger partial charge in [0.1, 0.15) is 5.82 Å². The first-order chi connectivity index (χ1) is 14.6. The van der Waals surface area contributed by atoms with Crippen LogP contribution in [0.2, 0.25) is 0 Å². The second-order valence-corrected chi connectivity index (χ2v) is 10.7. The Hall–Kier alpha value is -2.37. The number of benzene rings is 1. The molecule has 1 aromatic carbocycles. The lowest BCUT2D eigenvalue weighted by molar-refractivity contribution is -0.118. The van der Waals surface area contributed by atoms with Gasteiger partial charge in [-0.3, -0.25) is 9.89 Å². The highest BCUT2D eigenvalue weighted by molar-refractivity contribution is 6.02. The lowest BCUT2D eigenvalue weighted by Crippen LogP contribution is -2.43. The number of hydrogen-bond acceptors (Lipinski definition) is 2. The van der Waals surface area contributed by atoms with Crippen LogP contribution in [0.4, 0.5) is 13.2 Å². The number of aromatic amines is 1. The highest BCUT2D eigenvalue weighted by Gasteiger charge is 2.56. The molecule has 0 amide bonds. The van der Waals surface area contributed by atoms with Crippen LogP contribution in [0.25, 0.3) is 0 Å². The van der Waals surface area contributed by atoms with Crippen LogP contribution in [-0.2, 0) is 23.1 Å². The van der Waals surface area contributed by atoms with Crippen molar-refractivity contribution >= 4 is 5.78 Å². The molecule has 162 valence electrons. The Bertz CT molecular complexity index is 1170. The fraction of sp³-hybridized carbons (Fsp3) is 0.520. The fourth-order valence-corrected chi connectivity index (χ4v) is 6.79. The van der Waals surface area contributed by atoms with Crippen molar-refractivity contribution in [1.29, 1.82) is 0 Å². The maximum Gasteiger partial charge on any atom is 0.249 e. The lowest BCUT2D eigenvalue weighted by Gasteiger charge is -2.45. The average molecular weight is 426 g/mol. The van der Waals surface area contributed by atoms with Crippen LogP contribution >= 0.6 is 0 Å². The van der Waals surface area contributed by atoms with E-state index in [1.165, 1.54) is 6.07 Å². The molecule has 1 aromatic heterocycles. The number of hydrogen-bond donors (Lipinski definition) is 1. The lowest BCUT2D eigenvalue weighted by atomic mass is 9.57. The number of nitrogens with zero attached hydrogens (tertiary/aromatic N) is 1. The molecule has 1 atom stereocenters. The minimum atomic E-state index is -2.65. The summed E-state index contributed by atoms with van der Waals surface area (Å²) < 4.78 is 41.5. The summed E-state index contributed by atoms with van der Waals surface area (Å²) in [6, 6.07) is 4.82. The molecule has 2 aromatic rings. The number of nitrogens with one attached hydrogen (secondary N) is 1. The molecule has 0 bridgehead atoms. The summed E-state index contributed by atoms with van der Waals surface area (Å²) in [5, 5.41) is 7.70. The Balaban J connectivity index is 1.61. The Morgan fingerprint density at radius 3 is 2.68 bits per heavy atom. The molecule has 31 heavy (non-hydrogen) atoms. The maximum atomic E-state index is 14.0. The van der Waals surface area contributed by atoms with Gasteiger partial charge >= 0.3 is 0 Å². The highest BCUT2D eigenvalue weighted by atomic mass is 19.3. The van der Waals surface area contributed by atoms with Crippen molar-refractivity contribution in [2.45, 2.75) is 76.0 Å². The highest BCUT2D eigenvalue weighted by Crippen LogP contribution is 2.60. The number of ketones is 1. The number of fused-ring (bicyclic) bond motifs is 5. The minimum absolute atomic E-state index is 0.113. The largest absolute Gasteiger partial charge is 0.294 e. The summed E-state index contributed by atoms with van der Waals surface area (Å²) in [5.74, 6) is -3.11. The van der Waals surface area contributed by atoms with E-state index in [1.807, 2.05) is 0 Å². The van der Waals surface area contributed by atoms with Gasteiger partial charge in [-0.2, -0.15) is 5.10 Å². The van der Waals surface area contributed by atoms with Crippen molar-refractivity contribution in [1.82, 2.24) is 10.2 Å². The van der Waals surface area contributed by atoms with Gasteiger partial charge in [0.05, 0.1) is 11.1 Å². The van der Waals surface area contributed by atoms with Crippen molar-refractivity contribution < 1.29 is 18.0 Å². The zero-order valence-corrected chi connectivity index (χ0v) is 17.7. The average Bonchev–Trinajstić information content (AvgIpc) is 3.21. The number of carbonyl (C=O) groups is 1. The summed E-state index contributed by atoms with van der Waals surface area (Å²) in [5.41, 5.74) is 5.54. The Kier molecular flexibility index (Phi) is 3.68. The van der Waals surface area contributed by atoms with Gasteiger partial charge in [0.15, 0.2) is 5.78 Å². The fourth-order valence-electron chi connectivity index (χ4n) is 6.79. The van der Waals surface area contributed by atoms with E-state index >= 15 is 0 Å². The molecule has 4 aliphatic carbocycles. The van der Waals surface area contributed by atoms with Crippen LogP contribution in [0.5, 0.6) is 0 Å². The number of halogens is 3. The first-order valence-corrected chi connectivity index (χ1v) is 11.1. The number of aryl methyl sites for hydroxylation is 1. The molecule has 0 aliphatic heterocycles. The molecule has 6 heteroatoms. The molecule has 4 aliphatic rings. The van der Waals surface area contributed by atoms with Crippen LogP contribution in [0.15, 0.2) is 29.3 Å². The second-order valence-electron chi connectivity index (χ2n) is 10.7. The third kappa shape index (κ3) is 2.60. The van der Waals surface area contributed by atoms with Crippen LogP contribution in [0.1, 0.15) is 79.9 Å². The zero-order valence-electron chi connectivity index (χ0n) is 17.7. The van der Waals surface area contributed by atoms with Gasteiger partial charge in [-0.1, -0.05) is 25.5 Å². The molecular weight excluding hydrogens is 401 g/mol. The van der Waals surface area contributed by atoms with Gasteiger partial charge in [0.25, 0.3) is 0 Å². The third-order valence-electron chi connectivity index (χ3n) is 7.85. The summed E-state index contributed by atoms with van der Waals surface area (Å²) in [6.07, 6.45) is 2.79.